The smallest absolute Gasteiger partial charge is 0.326 e. The average molecular weight is 296 g/mol. The van der Waals surface area contributed by atoms with E-state index in [0.717, 1.165) is 25.7 Å². The number of hydrogen-bond donors (Lipinski definition) is 2. The summed E-state index contributed by atoms with van der Waals surface area (Å²) in [6, 6.07) is -0.547. The van der Waals surface area contributed by atoms with E-state index in [1.165, 1.54) is 6.42 Å². The Balaban J connectivity index is 2.27. The van der Waals surface area contributed by atoms with Crippen molar-refractivity contribution in [1.29, 1.82) is 0 Å². The van der Waals surface area contributed by atoms with Crippen LogP contribution in [0.2, 0.25) is 0 Å². The molecule has 1 aliphatic carbocycles. The Morgan fingerprint density at radius 1 is 1.19 bits per heavy atom. The predicted octanol–water partition coefficient (Wildman–Crippen LogP) is 2.01. The number of amides is 1. The summed E-state index contributed by atoms with van der Waals surface area (Å²) in [4.78, 5) is 26.3. The van der Waals surface area contributed by atoms with Gasteiger partial charge in [-0.2, -0.15) is 0 Å². The van der Waals surface area contributed by atoms with Gasteiger partial charge in [-0.25, -0.2) is 4.79 Å². The molecule has 1 aliphatic heterocycles. The molecule has 2 fully saturated rings. The fourth-order valence-electron chi connectivity index (χ4n) is 4.01. The van der Waals surface area contributed by atoms with Gasteiger partial charge in [0.2, 0.25) is 5.91 Å². The van der Waals surface area contributed by atoms with Crippen LogP contribution in [-0.4, -0.2) is 46.1 Å². The van der Waals surface area contributed by atoms with Crippen molar-refractivity contribution in [3.05, 3.63) is 0 Å². The topological polar surface area (TPSA) is 69.6 Å². The van der Waals surface area contributed by atoms with Crippen molar-refractivity contribution in [3.8, 4) is 0 Å². The molecule has 2 aliphatic rings. The van der Waals surface area contributed by atoms with Crippen LogP contribution in [0.4, 0.5) is 0 Å². The van der Waals surface area contributed by atoms with Gasteiger partial charge in [-0.1, -0.05) is 19.8 Å². The second kappa shape index (κ2) is 6.34. The van der Waals surface area contributed by atoms with Gasteiger partial charge in [0.1, 0.15) is 6.04 Å². The maximum atomic E-state index is 13.0. The molecule has 120 valence electrons. The van der Waals surface area contributed by atoms with E-state index in [4.69, 9.17) is 0 Å². The maximum absolute atomic E-state index is 13.0. The van der Waals surface area contributed by atoms with Crippen molar-refractivity contribution < 1.29 is 14.7 Å². The summed E-state index contributed by atoms with van der Waals surface area (Å²) in [5.41, 5.74) is -0.707. The van der Waals surface area contributed by atoms with Gasteiger partial charge in [0.05, 0.1) is 5.54 Å². The molecule has 2 rings (SSSR count). The summed E-state index contributed by atoms with van der Waals surface area (Å²) in [6.07, 6.45) is 5.90. The van der Waals surface area contributed by atoms with E-state index in [9.17, 15) is 14.7 Å². The minimum absolute atomic E-state index is 0.0617. The largest absolute Gasteiger partial charge is 0.480 e. The minimum atomic E-state index is -0.861. The van der Waals surface area contributed by atoms with E-state index in [-0.39, 0.29) is 11.9 Å². The number of piperidine rings is 1. The Labute approximate surface area is 127 Å². The van der Waals surface area contributed by atoms with E-state index in [1.807, 2.05) is 20.8 Å². The summed E-state index contributed by atoms with van der Waals surface area (Å²) < 4.78 is 0. The number of carbonyl (C=O) groups excluding carboxylic acids is 1. The number of nitrogens with one attached hydrogen (secondary N) is 1. The summed E-state index contributed by atoms with van der Waals surface area (Å²) in [5.74, 6) is -0.441. The van der Waals surface area contributed by atoms with E-state index in [0.29, 0.717) is 18.9 Å². The molecule has 21 heavy (non-hydrogen) atoms. The third-order valence-electron chi connectivity index (χ3n) is 5.05. The van der Waals surface area contributed by atoms with Gasteiger partial charge in [0, 0.05) is 6.04 Å². The number of rotatable bonds is 4. The van der Waals surface area contributed by atoms with Crippen LogP contribution in [0, 0.1) is 5.92 Å². The number of likely N-dealkylation sites (N-methyl/N-ethyl adjacent to an activating group) is 1. The standard InChI is InChI=1S/C16H28N2O3/c1-4-17-16(2,3)15(21)18-12-8-6-5-7-11(12)9-10-13(18)14(19)20/h11-13,17H,4-10H2,1-3H3,(H,19,20). The molecule has 0 radical (unpaired) electrons. The van der Waals surface area contributed by atoms with Crippen LogP contribution in [0.5, 0.6) is 0 Å². The highest BCUT2D eigenvalue weighted by molar-refractivity contribution is 5.90. The molecule has 2 N–H and O–H groups in total. The van der Waals surface area contributed by atoms with Crippen molar-refractivity contribution in [2.75, 3.05) is 6.54 Å². The maximum Gasteiger partial charge on any atom is 0.326 e. The third kappa shape index (κ3) is 3.23. The van der Waals surface area contributed by atoms with Crippen LogP contribution in [0.15, 0.2) is 0 Å². The Kier molecular flexibility index (Phi) is 4.91. The molecular formula is C16H28N2O3. The molecule has 3 atom stereocenters. The summed E-state index contributed by atoms with van der Waals surface area (Å²) in [6.45, 7) is 6.36. The number of likely N-dealkylation sites (tertiary alicyclic amines) is 1. The van der Waals surface area contributed by atoms with Crippen molar-refractivity contribution in [2.24, 2.45) is 5.92 Å². The summed E-state index contributed by atoms with van der Waals surface area (Å²) in [5, 5.41) is 12.7. The van der Waals surface area contributed by atoms with Crippen LogP contribution in [0.1, 0.15) is 59.3 Å². The van der Waals surface area contributed by atoms with Crippen molar-refractivity contribution in [2.45, 2.75) is 76.9 Å². The lowest BCUT2D eigenvalue weighted by atomic mass is 9.75. The number of nitrogens with zero attached hydrogens (tertiary/aromatic N) is 1. The summed E-state index contributed by atoms with van der Waals surface area (Å²) >= 11 is 0. The lowest BCUT2D eigenvalue weighted by Gasteiger charge is -2.49. The Bertz CT molecular complexity index is 408. The van der Waals surface area contributed by atoms with Gasteiger partial charge in [-0.3, -0.25) is 4.79 Å². The first-order valence-electron chi connectivity index (χ1n) is 8.19. The van der Waals surface area contributed by atoms with Crippen LogP contribution in [-0.2, 0) is 9.59 Å². The first-order chi connectivity index (χ1) is 9.88. The molecule has 1 heterocycles. The van der Waals surface area contributed by atoms with Crippen molar-refractivity contribution in [3.63, 3.8) is 0 Å². The lowest BCUT2D eigenvalue weighted by molar-refractivity contribution is -0.161. The normalized spacial score (nSPS) is 29.9. The van der Waals surface area contributed by atoms with Crippen LogP contribution in [0.3, 0.4) is 0 Å². The zero-order chi connectivity index (χ0) is 15.6. The highest BCUT2D eigenvalue weighted by atomic mass is 16.4. The molecular weight excluding hydrogens is 268 g/mol. The molecule has 1 saturated heterocycles. The number of carboxylic acids is 1. The monoisotopic (exact) mass is 296 g/mol. The zero-order valence-electron chi connectivity index (χ0n) is 13.4. The average Bonchev–Trinajstić information content (AvgIpc) is 2.45. The van der Waals surface area contributed by atoms with E-state index in [2.05, 4.69) is 5.32 Å². The molecule has 5 nitrogen and oxygen atoms in total. The van der Waals surface area contributed by atoms with Gasteiger partial charge in [-0.05, 0) is 52.0 Å². The lowest BCUT2D eigenvalue weighted by Crippen LogP contribution is -2.64. The van der Waals surface area contributed by atoms with E-state index < -0.39 is 17.6 Å². The van der Waals surface area contributed by atoms with Gasteiger partial charge in [0.25, 0.3) is 0 Å². The van der Waals surface area contributed by atoms with Gasteiger partial charge < -0.3 is 15.3 Å². The van der Waals surface area contributed by atoms with Crippen LogP contribution < -0.4 is 5.32 Å². The quantitative estimate of drug-likeness (QED) is 0.832. The second-order valence-corrected chi connectivity index (χ2v) is 6.91. The molecule has 1 saturated carbocycles. The fraction of sp³-hybridized carbons (Fsp3) is 0.875. The molecule has 0 spiro atoms. The Hall–Kier alpha value is -1.10. The molecule has 3 unspecified atom stereocenters. The number of hydrogen-bond acceptors (Lipinski definition) is 3. The molecule has 1 amide bonds. The third-order valence-corrected chi connectivity index (χ3v) is 5.05. The van der Waals surface area contributed by atoms with E-state index in [1.54, 1.807) is 4.90 Å². The second-order valence-electron chi connectivity index (χ2n) is 6.91. The van der Waals surface area contributed by atoms with Gasteiger partial charge in [0.15, 0.2) is 0 Å². The highest BCUT2D eigenvalue weighted by Gasteiger charge is 2.47. The first-order valence-corrected chi connectivity index (χ1v) is 8.19. The van der Waals surface area contributed by atoms with Gasteiger partial charge >= 0.3 is 5.97 Å². The molecule has 0 aromatic rings. The highest BCUT2D eigenvalue weighted by Crippen LogP contribution is 2.38. The van der Waals surface area contributed by atoms with Gasteiger partial charge in [-0.15, -0.1) is 0 Å². The van der Waals surface area contributed by atoms with Crippen LogP contribution >= 0.6 is 0 Å². The number of carboxylic acid groups (broad SMARTS) is 1. The van der Waals surface area contributed by atoms with E-state index >= 15 is 0 Å². The molecule has 5 heteroatoms. The SMILES string of the molecule is CCNC(C)(C)C(=O)N1C(C(=O)O)CCC2CCCCC21. The fourth-order valence-corrected chi connectivity index (χ4v) is 4.01. The van der Waals surface area contributed by atoms with Crippen molar-refractivity contribution in [1.82, 2.24) is 10.2 Å². The first kappa shape index (κ1) is 16.3. The number of aliphatic carboxylic acids is 1. The van der Waals surface area contributed by atoms with Crippen molar-refractivity contribution >= 4 is 11.9 Å². The summed E-state index contributed by atoms with van der Waals surface area (Å²) in [7, 11) is 0. The Morgan fingerprint density at radius 2 is 1.86 bits per heavy atom. The van der Waals surface area contributed by atoms with Crippen LogP contribution in [0.25, 0.3) is 0 Å². The zero-order valence-corrected chi connectivity index (χ0v) is 13.4. The Morgan fingerprint density at radius 3 is 2.48 bits per heavy atom. The predicted molar refractivity (Wildman–Crippen MR) is 81.0 cm³/mol. The minimum Gasteiger partial charge on any atom is -0.480 e. The molecule has 0 bridgehead atoms. The molecule has 0 aromatic heterocycles. The molecule has 0 aromatic carbocycles. The number of carbonyl (C=O) groups is 2. The number of fused-ring (bicyclic) bond motifs is 1.